The molecule has 1 fully saturated rings. The van der Waals surface area contributed by atoms with Gasteiger partial charge < -0.3 is 19.9 Å². The van der Waals surface area contributed by atoms with Gasteiger partial charge in [0.2, 0.25) is 5.91 Å². The van der Waals surface area contributed by atoms with E-state index >= 15 is 0 Å². The number of hydrogen-bond donors (Lipinski definition) is 1. The van der Waals surface area contributed by atoms with E-state index in [4.69, 9.17) is 4.74 Å². The number of para-hydroxylation sites is 2. The molecule has 8 heteroatoms. The Hall–Kier alpha value is -2.90. The third-order valence-electron chi connectivity index (χ3n) is 6.49. The van der Waals surface area contributed by atoms with Crippen molar-refractivity contribution in [3.8, 4) is 5.75 Å². The molecule has 2 heterocycles. The van der Waals surface area contributed by atoms with Crippen molar-refractivity contribution >= 4 is 17.3 Å². The zero-order chi connectivity index (χ0) is 23.8. The van der Waals surface area contributed by atoms with E-state index in [2.05, 4.69) is 15.1 Å². The van der Waals surface area contributed by atoms with E-state index in [9.17, 15) is 18.0 Å². The number of hydrogen-bond acceptors (Lipinski definition) is 4. The molecule has 5 nitrogen and oxygen atoms in total. The van der Waals surface area contributed by atoms with Crippen LogP contribution in [-0.2, 0) is 17.4 Å². The number of nitrogens with zero attached hydrogens (tertiary/aromatic N) is 2. The summed E-state index contributed by atoms with van der Waals surface area (Å²) in [6, 6.07) is 11.5. The number of amides is 1. The molecule has 1 N–H and O–H groups in total. The zero-order valence-corrected chi connectivity index (χ0v) is 19.2. The van der Waals surface area contributed by atoms with Crippen LogP contribution >= 0.6 is 0 Å². The predicted octanol–water partition coefficient (Wildman–Crippen LogP) is 4.35. The van der Waals surface area contributed by atoms with Crippen LogP contribution in [0, 0.1) is 11.8 Å². The second-order valence-electron chi connectivity index (χ2n) is 9.17. The molecule has 2 aromatic rings. The van der Waals surface area contributed by atoms with Gasteiger partial charge in [-0.25, -0.2) is 0 Å². The Bertz CT molecular complexity index is 1010. The van der Waals surface area contributed by atoms with Gasteiger partial charge in [0.25, 0.3) is 0 Å². The molecule has 0 saturated carbocycles. The Morgan fingerprint density at radius 2 is 1.91 bits per heavy atom. The van der Waals surface area contributed by atoms with E-state index in [-0.39, 0.29) is 24.3 Å². The molecule has 1 amide bonds. The Kier molecular flexibility index (Phi) is 6.45. The van der Waals surface area contributed by atoms with Crippen molar-refractivity contribution < 1.29 is 22.7 Å². The first-order valence-corrected chi connectivity index (χ1v) is 11.3. The molecule has 0 bridgehead atoms. The van der Waals surface area contributed by atoms with Gasteiger partial charge in [0, 0.05) is 31.9 Å². The standard InChI is InChI=1S/C25H30F3N3O2/c1-16(2)14-29-24(32)19-13-17-12-18(25(26,27)28)8-9-20(17)31-11-10-30(15-22(19)31)21-6-4-5-7-23(21)33-3/h4-9,12,16,19,22H,10-11,13-15H2,1-3H3,(H,29,32)/t19-,22+/m0/s1. The smallest absolute Gasteiger partial charge is 0.416 e. The lowest BCUT2D eigenvalue weighted by atomic mass is 9.82. The van der Waals surface area contributed by atoms with Gasteiger partial charge in [0.05, 0.1) is 30.3 Å². The van der Waals surface area contributed by atoms with Crippen LogP contribution in [0.3, 0.4) is 0 Å². The fourth-order valence-corrected chi connectivity index (χ4v) is 4.85. The first-order chi connectivity index (χ1) is 15.7. The van der Waals surface area contributed by atoms with Crippen LogP contribution < -0.4 is 19.9 Å². The minimum atomic E-state index is -4.41. The van der Waals surface area contributed by atoms with Crippen molar-refractivity contribution in [2.24, 2.45) is 11.8 Å². The van der Waals surface area contributed by atoms with Crippen LogP contribution in [0.5, 0.6) is 5.75 Å². The first kappa shape index (κ1) is 23.3. The van der Waals surface area contributed by atoms with Gasteiger partial charge in [0.1, 0.15) is 5.75 Å². The van der Waals surface area contributed by atoms with E-state index in [0.29, 0.717) is 31.7 Å². The molecule has 0 aromatic heterocycles. The lowest BCUT2D eigenvalue weighted by Gasteiger charge is -2.50. The molecule has 4 rings (SSSR count). The monoisotopic (exact) mass is 461 g/mol. The molecule has 0 radical (unpaired) electrons. The third-order valence-corrected chi connectivity index (χ3v) is 6.49. The van der Waals surface area contributed by atoms with Crippen LogP contribution in [-0.4, -0.2) is 45.2 Å². The fraction of sp³-hybridized carbons (Fsp3) is 0.480. The molecule has 2 atom stereocenters. The number of benzene rings is 2. The van der Waals surface area contributed by atoms with Gasteiger partial charge in [-0.2, -0.15) is 13.2 Å². The Labute approximate surface area is 192 Å². The summed E-state index contributed by atoms with van der Waals surface area (Å²) in [5.74, 6) is 0.493. The van der Waals surface area contributed by atoms with Crippen LogP contribution in [0.2, 0.25) is 0 Å². The summed E-state index contributed by atoms with van der Waals surface area (Å²) in [4.78, 5) is 17.5. The molecule has 2 aliphatic heterocycles. The maximum absolute atomic E-state index is 13.4. The SMILES string of the molecule is COc1ccccc1N1CCN2c3ccc(C(F)(F)F)cc3C[C@H](C(=O)NCC(C)C)[C@H]2C1. The second kappa shape index (κ2) is 9.15. The number of carbonyl (C=O) groups excluding carboxylic acids is 1. The predicted molar refractivity (Wildman–Crippen MR) is 123 cm³/mol. The van der Waals surface area contributed by atoms with Gasteiger partial charge in [-0.05, 0) is 48.2 Å². The van der Waals surface area contributed by atoms with Crippen LogP contribution in [0.4, 0.5) is 24.5 Å². The normalized spacial score (nSPS) is 20.3. The van der Waals surface area contributed by atoms with Crippen molar-refractivity contribution in [2.75, 3.05) is 43.1 Å². The summed E-state index contributed by atoms with van der Waals surface area (Å²) in [5, 5.41) is 3.01. The molecule has 33 heavy (non-hydrogen) atoms. The largest absolute Gasteiger partial charge is 0.495 e. The van der Waals surface area contributed by atoms with Crippen molar-refractivity contribution in [3.63, 3.8) is 0 Å². The van der Waals surface area contributed by atoms with E-state index in [1.54, 1.807) is 13.2 Å². The van der Waals surface area contributed by atoms with Gasteiger partial charge in [-0.1, -0.05) is 26.0 Å². The van der Waals surface area contributed by atoms with Gasteiger partial charge >= 0.3 is 6.18 Å². The van der Waals surface area contributed by atoms with Crippen molar-refractivity contribution in [1.82, 2.24) is 5.32 Å². The Morgan fingerprint density at radius 1 is 1.15 bits per heavy atom. The molecule has 2 aliphatic rings. The number of rotatable bonds is 5. The molecule has 0 spiro atoms. The highest BCUT2D eigenvalue weighted by Gasteiger charge is 2.43. The van der Waals surface area contributed by atoms with Gasteiger partial charge in [0.15, 0.2) is 0 Å². The van der Waals surface area contributed by atoms with E-state index in [0.717, 1.165) is 23.2 Å². The quantitative estimate of drug-likeness (QED) is 0.719. The Morgan fingerprint density at radius 3 is 2.61 bits per heavy atom. The molecule has 0 aliphatic carbocycles. The number of halogens is 3. The van der Waals surface area contributed by atoms with Crippen LogP contribution in [0.25, 0.3) is 0 Å². The number of piperazine rings is 1. The number of methoxy groups -OCH3 is 1. The highest BCUT2D eigenvalue weighted by Crippen LogP contribution is 2.41. The highest BCUT2D eigenvalue weighted by molar-refractivity contribution is 5.82. The average molecular weight is 462 g/mol. The number of alkyl halides is 3. The summed E-state index contributed by atoms with van der Waals surface area (Å²) >= 11 is 0. The molecule has 178 valence electrons. The first-order valence-electron chi connectivity index (χ1n) is 11.3. The molecular formula is C25H30F3N3O2. The number of fused-ring (bicyclic) bond motifs is 3. The zero-order valence-electron chi connectivity index (χ0n) is 19.2. The maximum atomic E-state index is 13.4. The summed E-state index contributed by atoms with van der Waals surface area (Å²) in [6.45, 7) is 6.44. The van der Waals surface area contributed by atoms with Gasteiger partial charge in [-0.3, -0.25) is 4.79 Å². The summed E-state index contributed by atoms with van der Waals surface area (Å²) in [7, 11) is 1.63. The number of ether oxygens (including phenoxy) is 1. The molecule has 1 saturated heterocycles. The van der Waals surface area contributed by atoms with Crippen LogP contribution in [0.1, 0.15) is 25.0 Å². The highest BCUT2D eigenvalue weighted by atomic mass is 19.4. The number of nitrogens with one attached hydrogen (secondary N) is 1. The number of carbonyl (C=O) groups is 1. The Balaban J connectivity index is 1.68. The molecule has 0 unspecified atom stereocenters. The second-order valence-corrected chi connectivity index (χ2v) is 9.17. The average Bonchev–Trinajstić information content (AvgIpc) is 2.80. The lowest BCUT2D eigenvalue weighted by molar-refractivity contribution is -0.137. The molecule has 2 aromatic carbocycles. The summed E-state index contributed by atoms with van der Waals surface area (Å²) in [6.07, 6.45) is -4.13. The lowest BCUT2D eigenvalue weighted by Crippen LogP contribution is -2.61. The van der Waals surface area contributed by atoms with Crippen LogP contribution in [0.15, 0.2) is 42.5 Å². The van der Waals surface area contributed by atoms with Crippen molar-refractivity contribution in [1.29, 1.82) is 0 Å². The van der Waals surface area contributed by atoms with Gasteiger partial charge in [-0.15, -0.1) is 0 Å². The fourth-order valence-electron chi connectivity index (χ4n) is 4.85. The van der Waals surface area contributed by atoms with Crippen molar-refractivity contribution in [3.05, 3.63) is 53.6 Å². The topological polar surface area (TPSA) is 44.8 Å². The maximum Gasteiger partial charge on any atom is 0.416 e. The van der Waals surface area contributed by atoms with E-state index in [1.807, 2.05) is 38.1 Å². The number of anilines is 2. The minimum absolute atomic E-state index is 0.108. The minimum Gasteiger partial charge on any atom is -0.495 e. The third kappa shape index (κ3) is 4.75. The van der Waals surface area contributed by atoms with E-state index < -0.39 is 17.7 Å². The molecular weight excluding hydrogens is 431 g/mol. The summed E-state index contributed by atoms with van der Waals surface area (Å²) < 4.78 is 45.6. The van der Waals surface area contributed by atoms with Crippen molar-refractivity contribution in [2.45, 2.75) is 32.5 Å². The summed E-state index contributed by atoms with van der Waals surface area (Å²) in [5.41, 5.74) is 1.66. The van der Waals surface area contributed by atoms with E-state index in [1.165, 1.54) is 6.07 Å².